The van der Waals surface area contributed by atoms with E-state index < -0.39 is 91.5 Å². The van der Waals surface area contributed by atoms with E-state index in [4.69, 9.17) is 32.3 Å². The van der Waals surface area contributed by atoms with Gasteiger partial charge in [-0.25, -0.2) is 9.13 Å². The zero-order valence-electron chi connectivity index (χ0n) is 59.7. The minimum atomic E-state index is -4.95. The van der Waals surface area contributed by atoms with Crippen molar-refractivity contribution in [3.8, 4) is 0 Å². The summed E-state index contributed by atoms with van der Waals surface area (Å²) in [5, 5.41) is 20.6. The second-order valence-electron chi connectivity index (χ2n) is 23.6. The monoisotopic (exact) mass is 1390 g/mol. The molecule has 0 saturated carbocycles. The van der Waals surface area contributed by atoms with E-state index in [0.717, 1.165) is 173 Å². The fraction of sp³-hybridized carbons (Fsp3) is 0.608. The number of phosphoric acid groups is 2. The first kappa shape index (κ1) is 91.9. The van der Waals surface area contributed by atoms with Crippen LogP contribution in [0.25, 0.3) is 0 Å². The van der Waals surface area contributed by atoms with Gasteiger partial charge in [0, 0.05) is 19.3 Å². The Balaban J connectivity index is 4.77. The maximum absolute atomic E-state index is 13.0. The molecule has 97 heavy (non-hydrogen) atoms. The number of rotatable bonds is 67. The molecule has 4 N–H and O–H groups in total. The van der Waals surface area contributed by atoms with Crippen molar-refractivity contribution in [1.29, 1.82) is 0 Å². The molecule has 0 aromatic carbocycles. The van der Waals surface area contributed by atoms with Gasteiger partial charge in [-0.2, -0.15) is 0 Å². The summed E-state index contributed by atoms with van der Waals surface area (Å²) in [5.41, 5.74) is 0. The first-order valence-corrected chi connectivity index (χ1v) is 39.4. The van der Waals surface area contributed by atoms with Crippen LogP contribution in [0.5, 0.6) is 0 Å². The third-order valence-electron chi connectivity index (χ3n) is 14.4. The lowest BCUT2D eigenvalue weighted by atomic mass is 10.1. The molecular formula is C79H128O16P2. The summed E-state index contributed by atoms with van der Waals surface area (Å²) in [6, 6.07) is 0. The molecule has 0 saturated heterocycles. The Hall–Kier alpha value is -5.09. The topological polar surface area (TPSA) is 231 Å². The summed E-state index contributed by atoms with van der Waals surface area (Å²) in [6.07, 6.45) is 88.2. The van der Waals surface area contributed by atoms with Gasteiger partial charge in [-0.1, -0.05) is 249 Å². The number of hydrogen-bond donors (Lipinski definition) is 4. The van der Waals surface area contributed by atoms with Crippen LogP contribution < -0.4 is 0 Å². The van der Waals surface area contributed by atoms with Crippen LogP contribution in [0.2, 0.25) is 0 Å². The SMILES string of the molecule is CC/C=C\C/C=C\C/C=C\C/C=C\C/C=C\C/C=C\CCCCCCC(=O)OCC(O)COP(=O)(O)OCC(O)COP(=O)(O)OCC(COC(=O)CCCCC/C=C\C/C=C\C/C=C\C/C=C\C/C=C\CC)OC(=O)CCCCCCCC/C=C\C/C=C\C/C=C\CCCCC. The average Bonchev–Trinajstić information content (AvgIpc) is 1.81. The zero-order chi connectivity index (χ0) is 70.9. The molecule has 0 aliphatic carbocycles. The third-order valence-corrected chi connectivity index (χ3v) is 16.3. The molecular weight excluding hydrogens is 1270 g/mol. The molecule has 0 aromatic heterocycles. The molecule has 5 unspecified atom stereocenters. The number of phosphoric ester groups is 2. The maximum Gasteiger partial charge on any atom is 0.472 e. The van der Waals surface area contributed by atoms with Gasteiger partial charge in [-0.05, 0) is 154 Å². The van der Waals surface area contributed by atoms with Gasteiger partial charge in [0.15, 0.2) is 6.10 Å². The van der Waals surface area contributed by atoms with Crippen molar-refractivity contribution in [1.82, 2.24) is 0 Å². The number of aliphatic hydroxyl groups is 2. The van der Waals surface area contributed by atoms with Crippen LogP contribution in [0.3, 0.4) is 0 Å². The number of hydrogen-bond acceptors (Lipinski definition) is 14. The van der Waals surface area contributed by atoms with Crippen molar-refractivity contribution >= 4 is 33.6 Å². The Morgan fingerprint density at radius 3 is 0.876 bits per heavy atom. The summed E-state index contributed by atoms with van der Waals surface area (Å²) in [4.78, 5) is 58.5. The molecule has 0 amide bonds. The Labute approximate surface area is 586 Å². The Bertz CT molecular complexity index is 2440. The van der Waals surface area contributed by atoms with Crippen LogP contribution in [0.1, 0.15) is 252 Å². The molecule has 0 radical (unpaired) electrons. The minimum absolute atomic E-state index is 0.0751. The lowest BCUT2D eigenvalue weighted by Crippen LogP contribution is -2.30. The molecule has 0 spiro atoms. The average molecular weight is 1400 g/mol. The quantitative estimate of drug-likeness (QED) is 0.0146. The number of ether oxygens (including phenoxy) is 3. The third kappa shape index (κ3) is 72.0. The molecule has 16 nitrogen and oxygen atoms in total. The lowest BCUT2D eigenvalue weighted by Gasteiger charge is -2.21. The highest BCUT2D eigenvalue weighted by molar-refractivity contribution is 7.47. The summed E-state index contributed by atoms with van der Waals surface area (Å²) < 4.78 is 61.0. The molecule has 0 aromatic rings. The van der Waals surface area contributed by atoms with Crippen LogP contribution >= 0.6 is 15.6 Å². The van der Waals surface area contributed by atoms with E-state index in [0.29, 0.717) is 19.3 Å². The molecule has 550 valence electrons. The Morgan fingerprint density at radius 2 is 0.546 bits per heavy atom. The number of unbranched alkanes of at least 4 members (excludes halogenated alkanes) is 16. The summed E-state index contributed by atoms with van der Waals surface area (Å²) in [6.45, 7) is 2.31. The van der Waals surface area contributed by atoms with Gasteiger partial charge in [0.25, 0.3) is 0 Å². The van der Waals surface area contributed by atoms with E-state index >= 15 is 0 Å². The van der Waals surface area contributed by atoms with Gasteiger partial charge >= 0.3 is 33.6 Å². The van der Waals surface area contributed by atoms with Crippen molar-refractivity contribution in [2.24, 2.45) is 0 Å². The van der Waals surface area contributed by atoms with Gasteiger partial charge in [0.05, 0.1) is 26.4 Å². The lowest BCUT2D eigenvalue weighted by molar-refractivity contribution is -0.161. The van der Waals surface area contributed by atoms with Crippen molar-refractivity contribution in [2.45, 2.75) is 270 Å². The molecule has 18 heteroatoms. The predicted molar refractivity (Wildman–Crippen MR) is 398 cm³/mol. The summed E-state index contributed by atoms with van der Waals surface area (Å²) in [7, 11) is -9.82. The number of aliphatic hydroxyl groups excluding tert-OH is 2. The maximum atomic E-state index is 13.0. The van der Waals surface area contributed by atoms with E-state index in [-0.39, 0.29) is 19.3 Å². The normalized spacial score (nSPS) is 15.1. The molecule has 0 rings (SSSR count). The van der Waals surface area contributed by atoms with Crippen LogP contribution in [0.4, 0.5) is 0 Å². The molecule has 0 heterocycles. The number of allylic oxidation sites excluding steroid dienone is 28. The number of carbonyl (C=O) groups excluding carboxylic acids is 3. The zero-order valence-corrected chi connectivity index (χ0v) is 61.5. The van der Waals surface area contributed by atoms with E-state index in [1.165, 1.54) is 19.3 Å². The molecule has 0 aliphatic rings. The van der Waals surface area contributed by atoms with Crippen molar-refractivity contribution in [3.05, 3.63) is 170 Å². The molecule has 0 fully saturated rings. The fourth-order valence-corrected chi connectivity index (χ4v) is 10.5. The highest BCUT2D eigenvalue weighted by atomic mass is 31.2. The van der Waals surface area contributed by atoms with E-state index in [9.17, 15) is 43.5 Å². The van der Waals surface area contributed by atoms with Gasteiger partial charge in [0.1, 0.15) is 25.4 Å². The van der Waals surface area contributed by atoms with E-state index in [1.807, 2.05) is 0 Å². The van der Waals surface area contributed by atoms with Crippen molar-refractivity contribution in [3.63, 3.8) is 0 Å². The molecule has 0 bridgehead atoms. The minimum Gasteiger partial charge on any atom is -0.463 e. The van der Waals surface area contributed by atoms with Crippen LogP contribution in [0, 0.1) is 0 Å². The summed E-state index contributed by atoms with van der Waals surface area (Å²) >= 11 is 0. The van der Waals surface area contributed by atoms with E-state index in [1.54, 1.807) is 0 Å². The standard InChI is InChI=1S/C79H128O16P2/c1-4-7-10-13-16-19-22-25-28-31-34-35-36-37-40-42-44-47-50-53-56-59-62-65-77(82)89-68-74(80)69-91-96(85,86)92-70-75(81)71-93-97(87,88)94-73-76(95-79(84)67-64-61-58-55-52-49-46-43-39-33-30-27-24-21-18-15-12-9-6-3)72-90-78(83)66-63-60-57-54-51-48-45-41-38-32-29-26-23-20-17-14-11-8-5-2/h7-8,10-11,16-21,25-30,34-35,37-41,43-44,47-48,51,74-76,80-81H,4-6,9,12-15,22-24,31-33,36,42,45-46,49-50,52-73H2,1-3H3,(H,85,86)(H,87,88)/b10-7-,11-8-,19-16-,20-17-,21-18-,28-25-,29-26-,30-27-,35-34-,40-37-,41-38-,43-39-,47-44-,51-48-. The first-order chi connectivity index (χ1) is 47.2. The van der Waals surface area contributed by atoms with Gasteiger partial charge in [-0.15, -0.1) is 0 Å². The number of carbonyl (C=O) groups is 3. The Kier molecular flexibility index (Phi) is 67.0. The molecule has 5 atom stereocenters. The second-order valence-corrected chi connectivity index (χ2v) is 26.5. The van der Waals surface area contributed by atoms with Gasteiger partial charge in [0.2, 0.25) is 0 Å². The van der Waals surface area contributed by atoms with Crippen LogP contribution in [0.15, 0.2) is 170 Å². The predicted octanol–water partition coefficient (Wildman–Crippen LogP) is 20.9. The van der Waals surface area contributed by atoms with Crippen LogP contribution in [-0.4, -0.2) is 95.9 Å². The highest BCUT2D eigenvalue weighted by Gasteiger charge is 2.29. The molecule has 0 aliphatic heterocycles. The highest BCUT2D eigenvalue weighted by Crippen LogP contribution is 2.45. The van der Waals surface area contributed by atoms with Crippen molar-refractivity contribution < 1.29 is 75.8 Å². The fourth-order valence-electron chi connectivity index (χ4n) is 8.90. The number of esters is 3. The second kappa shape index (κ2) is 70.8. The van der Waals surface area contributed by atoms with E-state index in [2.05, 4.69) is 191 Å². The largest absolute Gasteiger partial charge is 0.472 e. The smallest absolute Gasteiger partial charge is 0.463 e. The van der Waals surface area contributed by atoms with Gasteiger partial charge in [-0.3, -0.25) is 32.5 Å². The Morgan fingerprint density at radius 1 is 0.299 bits per heavy atom. The first-order valence-electron chi connectivity index (χ1n) is 36.4. The van der Waals surface area contributed by atoms with Crippen molar-refractivity contribution in [2.75, 3.05) is 39.6 Å². The summed E-state index contributed by atoms with van der Waals surface area (Å²) in [5.74, 6) is -1.66. The van der Waals surface area contributed by atoms with Crippen LogP contribution in [-0.2, 0) is 55.8 Å². The van der Waals surface area contributed by atoms with Gasteiger partial charge < -0.3 is 34.2 Å².